The summed E-state index contributed by atoms with van der Waals surface area (Å²) in [6.45, 7) is 4.59. The maximum atomic E-state index is 12.3. The summed E-state index contributed by atoms with van der Waals surface area (Å²) in [5, 5.41) is 0. The van der Waals surface area contributed by atoms with E-state index in [2.05, 4.69) is 4.90 Å². The van der Waals surface area contributed by atoms with E-state index in [4.69, 9.17) is 9.47 Å². The van der Waals surface area contributed by atoms with Crippen LogP contribution in [0.5, 0.6) is 0 Å². The highest BCUT2D eigenvalue weighted by Crippen LogP contribution is 2.29. The fourth-order valence-corrected chi connectivity index (χ4v) is 3.18. The van der Waals surface area contributed by atoms with Gasteiger partial charge in [0, 0.05) is 13.7 Å². The summed E-state index contributed by atoms with van der Waals surface area (Å²) < 4.78 is 10.3. The molecule has 1 aromatic carbocycles. The topological polar surface area (TPSA) is 38.8 Å². The minimum Gasteiger partial charge on any atom is -0.468 e. The second-order valence-electron chi connectivity index (χ2n) is 5.74. The van der Waals surface area contributed by atoms with Crippen molar-refractivity contribution in [1.29, 1.82) is 0 Å². The molecule has 1 aromatic rings. The highest BCUT2D eigenvalue weighted by atomic mass is 16.5. The van der Waals surface area contributed by atoms with Gasteiger partial charge in [0.25, 0.3) is 0 Å². The van der Waals surface area contributed by atoms with Gasteiger partial charge in [0.05, 0.1) is 13.7 Å². The van der Waals surface area contributed by atoms with Crippen molar-refractivity contribution < 1.29 is 14.3 Å². The van der Waals surface area contributed by atoms with Gasteiger partial charge in [0.1, 0.15) is 6.04 Å². The first-order valence-electron chi connectivity index (χ1n) is 7.53. The standard InChI is InChI=1S/C17H25NO3/c1-13-7-4-5-9-15(13)16(17(19)21-3)18-10-6-8-14(11-18)12-20-2/h4-5,7,9,14,16H,6,8,10-12H2,1-3H3. The molecule has 0 spiro atoms. The van der Waals surface area contributed by atoms with Gasteiger partial charge in [0.2, 0.25) is 0 Å². The van der Waals surface area contributed by atoms with E-state index in [1.807, 2.05) is 31.2 Å². The number of piperidine rings is 1. The molecule has 1 saturated heterocycles. The minimum atomic E-state index is -0.309. The maximum Gasteiger partial charge on any atom is 0.327 e. The van der Waals surface area contributed by atoms with Crippen molar-refractivity contribution in [3.05, 3.63) is 35.4 Å². The highest BCUT2D eigenvalue weighted by molar-refractivity contribution is 5.78. The van der Waals surface area contributed by atoms with E-state index in [0.717, 1.165) is 43.7 Å². The number of carbonyl (C=O) groups is 1. The summed E-state index contributed by atoms with van der Waals surface area (Å²) in [4.78, 5) is 14.6. The third kappa shape index (κ3) is 3.83. The molecule has 0 aromatic heterocycles. The molecule has 0 radical (unpaired) electrons. The van der Waals surface area contributed by atoms with Gasteiger partial charge in [-0.05, 0) is 43.4 Å². The molecule has 0 aliphatic carbocycles. The number of carbonyl (C=O) groups excluding carboxylic acids is 1. The largest absolute Gasteiger partial charge is 0.468 e. The quantitative estimate of drug-likeness (QED) is 0.782. The molecule has 2 unspecified atom stereocenters. The van der Waals surface area contributed by atoms with Crippen LogP contribution in [0.15, 0.2) is 24.3 Å². The lowest BCUT2D eigenvalue weighted by atomic mass is 9.93. The Balaban J connectivity index is 2.24. The van der Waals surface area contributed by atoms with Gasteiger partial charge >= 0.3 is 5.97 Å². The SMILES string of the molecule is COCC1CCCN(C(C(=O)OC)c2ccccc2C)C1. The van der Waals surface area contributed by atoms with Gasteiger partial charge in [-0.3, -0.25) is 4.90 Å². The van der Waals surface area contributed by atoms with Crippen LogP contribution < -0.4 is 0 Å². The van der Waals surface area contributed by atoms with E-state index in [0.29, 0.717) is 5.92 Å². The van der Waals surface area contributed by atoms with E-state index in [1.54, 1.807) is 7.11 Å². The zero-order chi connectivity index (χ0) is 15.2. The smallest absolute Gasteiger partial charge is 0.327 e. The number of ether oxygens (including phenoxy) is 2. The number of esters is 1. The van der Waals surface area contributed by atoms with Crippen LogP contribution in [-0.2, 0) is 14.3 Å². The number of nitrogens with zero attached hydrogens (tertiary/aromatic N) is 1. The molecule has 1 aliphatic heterocycles. The molecule has 1 aliphatic rings. The molecular weight excluding hydrogens is 266 g/mol. The van der Waals surface area contributed by atoms with Crippen molar-refractivity contribution in [3.63, 3.8) is 0 Å². The van der Waals surface area contributed by atoms with Crippen LogP contribution in [0.25, 0.3) is 0 Å². The molecule has 4 heteroatoms. The number of benzene rings is 1. The van der Waals surface area contributed by atoms with Crippen molar-refractivity contribution in [1.82, 2.24) is 4.90 Å². The third-order valence-electron chi connectivity index (χ3n) is 4.23. The Morgan fingerprint density at radius 1 is 1.38 bits per heavy atom. The zero-order valence-electron chi connectivity index (χ0n) is 13.2. The molecule has 1 heterocycles. The Hall–Kier alpha value is -1.39. The fourth-order valence-electron chi connectivity index (χ4n) is 3.18. The van der Waals surface area contributed by atoms with Crippen molar-refractivity contribution in [2.24, 2.45) is 5.92 Å². The summed E-state index contributed by atoms with van der Waals surface area (Å²) in [6, 6.07) is 7.74. The van der Waals surface area contributed by atoms with Crippen molar-refractivity contribution in [2.75, 3.05) is 33.9 Å². The lowest BCUT2D eigenvalue weighted by Crippen LogP contribution is -2.43. The molecule has 21 heavy (non-hydrogen) atoms. The molecule has 1 fully saturated rings. The Morgan fingerprint density at radius 2 is 2.14 bits per heavy atom. The summed E-state index contributed by atoms with van der Waals surface area (Å²) in [6.07, 6.45) is 2.25. The summed E-state index contributed by atoms with van der Waals surface area (Å²) >= 11 is 0. The molecule has 2 rings (SSSR count). The number of rotatable bonds is 5. The monoisotopic (exact) mass is 291 g/mol. The second-order valence-corrected chi connectivity index (χ2v) is 5.74. The first-order valence-corrected chi connectivity index (χ1v) is 7.53. The molecule has 0 N–H and O–H groups in total. The molecule has 4 nitrogen and oxygen atoms in total. The molecule has 2 atom stereocenters. The first-order chi connectivity index (χ1) is 10.2. The van der Waals surface area contributed by atoms with Crippen LogP contribution in [0, 0.1) is 12.8 Å². The Bertz CT molecular complexity index is 473. The predicted octanol–water partition coefficient (Wildman–Crippen LogP) is 2.57. The third-order valence-corrected chi connectivity index (χ3v) is 4.23. The molecule has 0 bridgehead atoms. The summed E-state index contributed by atoms with van der Waals surface area (Å²) in [5.41, 5.74) is 2.17. The minimum absolute atomic E-state index is 0.178. The number of methoxy groups -OCH3 is 2. The highest BCUT2D eigenvalue weighted by Gasteiger charge is 2.33. The van der Waals surface area contributed by atoms with Gasteiger partial charge in [-0.1, -0.05) is 24.3 Å². The van der Waals surface area contributed by atoms with Crippen molar-refractivity contribution >= 4 is 5.97 Å². The van der Waals surface area contributed by atoms with Gasteiger partial charge < -0.3 is 9.47 Å². The Morgan fingerprint density at radius 3 is 2.81 bits per heavy atom. The Kier molecular flexibility index (Phi) is 5.76. The number of hydrogen-bond donors (Lipinski definition) is 0. The van der Waals surface area contributed by atoms with Crippen molar-refractivity contribution in [2.45, 2.75) is 25.8 Å². The fraction of sp³-hybridized carbons (Fsp3) is 0.588. The van der Waals surface area contributed by atoms with E-state index in [1.165, 1.54) is 7.11 Å². The van der Waals surface area contributed by atoms with Crippen LogP contribution in [0.2, 0.25) is 0 Å². The molecule has 0 amide bonds. The predicted molar refractivity (Wildman–Crippen MR) is 82.1 cm³/mol. The van der Waals surface area contributed by atoms with Gasteiger partial charge in [-0.15, -0.1) is 0 Å². The lowest BCUT2D eigenvalue weighted by Gasteiger charge is -2.37. The van der Waals surface area contributed by atoms with E-state index in [-0.39, 0.29) is 12.0 Å². The van der Waals surface area contributed by atoms with Crippen LogP contribution in [-0.4, -0.2) is 44.8 Å². The zero-order valence-corrected chi connectivity index (χ0v) is 13.2. The number of hydrogen-bond acceptors (Lipinski definition) is 4. The van der Waals surface area contributed by atoms with Gasteiger partial charge in [-0.2, -0.15) is 0 Å². The molecule has 0 saturated carbocycles. The number of likely N-dealkylation sites (tertiary alicyclic amines) is 1. The lowest BCUT2D eigenvalue weighted by molar-refractivity contribution is -0.148. The molecular formula is C17H25NO3. The van der Waals surface area contributed by atoms with E-state index >= 15 is 0 Å². The average molecular weight is 291 g/mol. The van der Waals surface area contributed by atoms with E-state index < -0.39 is 0 Å². The Labute approximate surface area is 127 Å². The summed E-state index contributed by atoms with van der Waals surface area (Å²) in [7, 11) is 3.20. The maximum absolute atomic E-state index is 12.3. The average Bonchev–Trinajstić information content (AvgIpc) is 2.50. The second kappa shape index (κ2) is 7.57. The van der Waals surface area contributed by atoms with Crippen LogP contribution >= 0.6 is 0 Å². The van der Waals surface area contributed by atoms with Crippen LogP contribution in [0.1, 0.15) is 30.0 Å². The van der Waals surface area contributed by atoms with Crippen LogP contribution in [0.4, 0.5) is 0 Å². The first kappa shape index (κ1) is 16.0. The normalized spacial score (nSPS) is 21.0. The van der Waals surface area contributed by atoms with Gasteiger partial charge in [0.15, 0.2) is 0 Å². The van der Waals surface area contributed by atoms with Gasteiger partial charge in [-0.25, -0.2) is 4.79 Å². The van der Waals surface area contributed by atoms with Crippen LogP contribution in [0.3, 0.4) is 0 Å². The molecule has 116 valence electrons. The van der Waals surface area contributed by atoms with E-state index in [9.17, 15) is 4.79 Å². The van der Waals surface area contributed by atoms with Crippen molar-refractivity contribution in [3.8, 4) is 0 Å². The summed E-state index contributed by atoms with van der Waals surface area (Å²) in [5.74, 6) is 0.308. The number of aryl methyl sites for hydroxylation is 1.